The van der Waals surface area contributed by atoms with Crippen LogP contribution in [0.2, 0.25) is 0 Å². The fourth-order valence-corrected chi connectivity index (χ4v) is 4.45. The van der Waals surface area contributed by atoms with Gasteiger partial charge < -0.3 is 30.1 Å². The average Bonchev–Trinajstić information content (AvgIpc) is 2.93. The van der Waals surface area contributed by atoms with E-state index in [1.165, 1.54) is 10.5 Å². The van der Waals surface area contributed by atoms with Gasteiger partial charge in [-0.2, -0.15) is 0 Å². The molecule has 0 spiro atoms. The second kappa shape index (κ2) is 12.2. The molecule has 37 heavy (non-hydrogen) atoms. The number of urea groups is 1. The van der Waals surface area contributed by atoms with Crippen LogP contribution in [0.4, 0.5) is 21.9 Å². The number of nitrogens with zero attached hydrogens (tertiary/aromatic N) is 3. The molecular weight excluding hydrogens is 466 g/mol. The molecule has 0 radical (unpaired) electrons. The monoisotopic (exact) mass is 501 g/mol. The molecule has 3 aromatic carbocycles. The van der Waals surface area contributed by atoms with Crippen molar-refractivity contribution in [3.63, 3.8) is 0 Å². The number of piperazine rings is 1. The highest BCUT2D eigenvalue weighted by Gasteiger charge is 2.24. The van der Waals surface area contributed by atoms with E-state index in [0.717, 1.165) is 49.7 Å². The predicted octanol–water partition coefficient (Wildman–Crippen LogP) is 4.09. The largest absolute Gasteiger partial charge is 0.495 e. The molecule has 2 N–H and O–H groups in total. The molecule has 1 saturated heterocycles. The fraction of sp³-hybridized carbons (Fsp3) is 0.310. The molecule has 194 valence electrons. The van der Waals surface area contributed by atoms with Crippen LogP contribution in [0.1, 0.15) is 15.9 Å². The van der Waals surface area contributed by atoms with E-state index < -0.39 is 0 Å². The lowest BCUT2D eigenvalue weighted by molar-refractivity contribution is 0.0954. The van der Waals surface area contributed by atoms with Crippen molar-refractivity contribution in [1.82, 2.24) is 10.2 Å². The average molecular weight is 502 g/mol. The summed E-state index contributed by atoms with van der Waals surface area (Å²) in [6.45, 7) is 3.64. The highest BCUT2D eigenvalue weighted by molar-refractivity contribution is 6.02. The maximum absolute atomic E-state index is 13.4. The summed E-state index contributed by atoms with van der Waals surface area (Å²) in [5.74, 6) is 0.703. The molecule has 0 bridgehead atoms. The van der Waals surface area contributed by atoms with E-state index in [0.29, 0.717) is 17.8 Å². The van der Waals surface area contributed by atoms with E-state index in [1.54, 1.807) is 27.3 Å². The van der Waals surface area contributed by atoms with E-state index in [2.05, 4.69) is 38.6 Å². The number of ether oxygens (including phenoxy) is 1. The van der Waals surface area contributed by atoms with Gasteiger partial charge >= 0.3 is 6.03 Å². The van der Waals surface area contributed by atoms with Gasteiger partial charge in [-0.1, -0.05) is 42.5 Å². The number of methoxy groups -OCH3 is 1. The van der Waals surface area contributed by atoms with E-state index in [9.17, 15) is 9.59 Å². The Balaban J connectivity index is 1.50. The summed E-state index contributed by atoms with van der Waals surface area (Å²) in [7, 11) is 5.05. The van der Waals surface area contributed by atoms with Crippen molar-refractivity contribution in [3.05, 3.63) is 83.9 Å². The van der Waals surface area contributed by atoms with E-state index in [1.807, 2.05) is 48.5 Å². The van der Waals surface area contributed by atoms with Crippen LogP contribution in [0, 0.1) is 0 Å². The van der Waals surface area contributed by atoms with Crippen molar-refractivity contribution in [2.75, 3.05) is 69.0 Å². The summed E-state index contributed by atoms with van der Waals surface area (Å²) >= 11 is 0. The number of carbonyl (C=O) groups is 2. The lowest BCUT2D eigenvalue weighted by Gasteiger charge is -2.38. The number of amides is 3. The lowest BCUT2D eigenvalue weighted by Crippen LogP contribution is -2.47. The van der Waals surface area contributed by atoms with Crippen LogP contribution in [0.25, 0.3) is 0 Å². The number of benzene rings is 3. The van der Waals surface area contributed by atoms with Gasteiger partial charge in [0.1, 0.15) is 5.75 Å². The maximum Gasteiger partial charge on any atom is 0.321 e. The number of hydrogen-bond donors (Lipinski definition) is 2. The van der Waals surface area contributed by atoms with Gasteiger partial charge in [0, 0.05) is 58.2 Å². The number of rotatable bonds is 8. The first-order valence-electron chi connectivity index (χ1n) is 12.5. The van der Waals surface area contributed by atoms with E-state index in [4.69, 9.17) is 4.74 Å². The van der Waals surface area contributed by atoms with Crippen LogP contribution in [0.3, 0.4) is 0 Å². The van der Waals surface area contributed by atoms with Gasteiger partial charge in [0.05, 0.1) is 18.4 Å². The van der Waals surface area contributed by atoms with Gasteiger partial charge in [0.25, 0.3) is 5.91 Å². The Hall–Kier alpha value is -4.20. The minimum absolute atomic E-state index is 0.154. The molecule has 1 aliphatic heterocycles. The minimum atomic E-state index is -0.242. The van der Waals surface area contributed by atoms with Crippen molar-refractivity contribution in [2.24, 2.45) is 0 Å². The van der Waals surface area contributed by atoms with Crippen molar-refractivity contribution >= 4 is 29.0 Å². The smallest absolute Gasteiger partial charge is 0.321 e. The SMILES string of the molecule is COc1ccccc1N1CCN(c2ccc(NC(=O)N(C)C)cc2C(=O)NCCc2ccccc2)CC1. The Kier molecular flexibility index (Phi) is 8.51. The summed E-state index contributed by atoms with van der Waals surface area (Å²) in [6, 6.07) is 23.4. The standard InChI is InChI=1S/C29H35N5O3/c1-32(2)29(36)31-23-13-14-25(24(21-23)28(35)30-16-15-22-9-5-4-6-10-22)33-17-19-34(20-18-33)26-11-7-8-12-27(26)37-3/h4-14,21H,15-20H2,1-3H3,(H,30,35)(H,31,36). The van der Waals surface area contributed by atoms with Gasteiger partial charge in [0.2, 0.25) is 0 Å². The van der Waals surface area contributed by atoms with Gasteiger partial charge in [-0.05, 0) is 42.3 Å². The Labute approximate surface area is 218 Å². The number of hydrogen-bond acceptors (Lipinski definition) is 5. The summed E-state index contributed by atoms with van der Waals surface area (Å²) in [5.41, 5.74) is 4.24. The molecule has 4 rings (SSSR count). The molecule has 0 aromatic heterocycles. The first kappa shape index (κ1) is 25.9. The topological polar surface area (TPSA) is 77.2 Å². The number of nitrogens with one attached hydrogen (secondary N) is 2. The molecule has 0 atom stereocenters. The maximum atomic E-state index is 13.4. The number of para-hydroxylation sites is 2. The molecule has 1 fully saturated rings. The van der Waals surface area contributed by atoms with Gasteiger partial charge in [-0.3, -0.25) is 4.79 Å². The fourth-order valence-electron chi connectivity index (χ4n) is 4.45. The third kappa shape index (κ3) is 6.52. The van der Waals surface area contributed by atoms with Gasteiger partial charge in [0.15, 0.2) is 0 Å². The van der Waals surface area contributed by atoms with Crippen LogP contribution in [0.5, 0.6) is 5.75 Å². The Morgan fingerprint density at radius 2 is 1.51 bits per heavy atom. The molecule has 8 nitrogen and oxygen atoms in total. The van der Waals surface area contributed by atoms with Crippen LogP contribution < -0.4 is 25.2 Å². The minimum Gasteiger partial charge on any atom is -0.495 e. The van der Waals surface area contributed by atoms with Gasteiger partial charge in [-0.15, -0.1) is 0 Å². The quantitative estimate of drug-likeness (QED) is 0.486. The second-order valence-electron chi connectivity index (χ2n) is 9.19. The van der Waals surface area contributed by atoms with E-state index >= 15 is 0 Å². The van der Waals surface area contributed by atoms with Crippen LogP contribution in [-0.2, 0) is 6.42 Å². The molecule has 8 heteroatoms. The number of anilines is 3. The molecule has 1 heterocycles. The summed E-state index contributed by atoms with van der Waals surface area (Å²) in [4.78, 5) is 31.6. The molecule has 1 aliphatic rings. The summed E-state index contributed by atoms with van der Waals surface area (Å²) < 4.78 is 5.55. The Morgan fingerprint density at radius 3 is 2.19 bits per heavy atom. The Bertz CT molecular complexity index is 1210. The zero-order valence-corrected chi connectivity index (χ0v) is 21.7. The van der Waals surface area contributed by atoms with Gasteiger partial charge in [-0.25, -0.2) is 4.79 Å². The molecule has 0 saturated carbocycles. The van der Waals surface area contributed by atoms with Crippen molar-refractivity contribution in [1.29, 1.82) is 0 Å². The predicted molar refractivity (Wildman–Crippen MR) is 149 cm³/mol. The molecule has 3 aromatic rings. The third-order valence-electron chi connectivity index (χ3n) is 6.49. The van der Waals surface area contributed by atoms with Crippen molar-refractivity contribution in [2.45, 2.75) is 6.42 Å². The highest BCUT2D eigenvalue weighted by atomic mass is 16.5. The normalized spacial score (nSPS) is 13.2. The first-order valence-corrected chi connectivity index (χ1v) is 12.5. The van der Waals surface area contributed by atoms with Crippen molar-refractivity contribution in [3.8, 4) is 5.75 Å². The summed E-state index contributed by atoms with van der Waals surface area (Å²) in [5, 5.41) is 5.92. The van der Waals surface area contributed by atoms with Crippen molar-refractivity contribution < 1.29 is 14.3 Å². The second-order valence-corrected chi connectivity index (χ2v) is 9.19. The lowest BCUT2D eigenvalue weighted by atomic mass is 10.1. The highest BCUT2D eigenvalue weighted by Crippen LogP contribution is 2.31. The first-order chi connectivity index (χ1) is 18.0. The van der Waals surface area contributed by atoms with E-state index in [-0.39, 0.29) is 11.9 Å². The third-order valence-corrected chi connectivity index (χ3v) is 6.49. The molecule has 3 amide bonds. The zero-order chi connectivity index (χ0) is 26.2. The van der Waals surface area contributed by atoms with Crippen LogP contribution in [0.15, 0.2) is 72.8 Å². The van der Waals surface area contributed by atoms with Crippen LogP contribution >= 0.6 is 0 Å². The summed E-state index contributed by atoms with van der Waals surface area (Å²) in [6.07, 6.45) is 0.747. The number of carbonyl (C=O) groups excluding carboxylic acids is 2. The van der Waals surface area contributed by atoms with Crippen LogP contribution in [-0.4, -0.2) is 70.8 Å². The molecule has 0 aliphatic carbocycles. The zero-order valence-electron chi connectivity index (χ0n) is 21.7. The molecular formula is C29H35N5O3. The Morgan fingerprint density at radius 1 is 0.865 bits per heavy atom. The molecule has 0 unspecified atom stereocenters.